The molecule has 1 aromatic carbocycles. The van der Waals surface area contributed by atoms with Crippen molar-refractivity contribution in [2.75, 3.05) is 6.79 Å². The van der Waals surface area contributed by atoms with Crippen molar-refractivity contribution in [3.05, 3.63) is 55.4 Å². The topological polar surface area (TPSA) is 143 Å². The number of nitro groups is 1. The van der Waals surface area contributed by atoms with Gasteiger partial charge in [-0.1, -0.05) is 6.92 Å². The van der Waals surface area contributed by atoms with Gasteiger partial charge in [-0.05, 0) is 18.6 Å². The highest BCUT2D eigenvalue weighted by Gasteiger charge is 2.45. The minimum Gasteiger partial charge on any atom is -0.458 e. The molecule has 5 heterocycles. The molecule has 3 aromatic rings. The number of aliphatic hydroxyl groups is 1. The molecule has 0 saturated carbocycles. The molecule has 0 aliphatic carbocycles. The highest BCUT2D eigenvalue weighted by Crippen LogP contribution is 2.47. The molecule has 11 heteroatoms. The van der Waals surface area contributed by atoms with Crippen LogP contribution in [0.2, 0.25) is 0 Å². The van der Waals surface area contributed by atoms with Gasteiger partial charge in [0, 0.05) is 17.2 Å². The zero-order valence-corrected chi connectivity index (χ0v) is 16.7. The Labute approximate surface area is 178 Å². The van der Waals surface area contributed by atoms with Crippen LogP contribution in [0.5, 0.6) is 11.5 Å². The fraction of sp³-hybridized carbons (Fsp3) is 0.286. The number of esters is 1. The van der Waals surface area contributed by atoms with Crippen molar-refractivity contribution in [1.29, 1.82) is 0 Å². The smallest absolute Gasteiger partial charge is 0.343 e. The van der Waals surface area contributed by atoms with Gasteiger partial charge in [0.2, 0.25) is 12.5 Å². The summed E-state index contributed by atoms with van der Waals surface area (Å²) < 4.78 is 17.1. The van der Waals surface area contributed by atoms with Crippen LogP contribution < -0.4 is 15.0 Å². The molecule has 1 N–H and O–H groups in total. The summed E-state index contributed by atoms with van der Waals surface area (Å²) in [5.74, 6) is -0.526. The SMILES string of the molecule is CC[C@]1(O)C(=O)OCc2c1cc1n(c2=O)Cc2cc3c([N+](=O)[O-])c4c(cc3nc2-1)OCO4. The lowest BCUT2D eigenvalue weighted by atomic mass is 9.86. The van der Waals surface area contributed by atoms with E-state index in [0.717, 1.165) is 0 Å². The number of hydrogen-bond donors (Lipinski definition) is 1. The lowest BCUT2D eigenvalue weighted by molar-refractivity contribution is -0.383. The van der Waals surface area contributed by atoms with Gasteiger partial charge in [-0.15, -0.1) is 0 Å². The van der Waals surface area contributed by atoms with Gasteiger partial charge in [-0.25, -0.2) is 9.78 Å². The van der Waals surface area contributed by atoms with Crippen LogP contribution in [0.1, 0.15) is 30.0 Å². The van der Waals surface area contributed by atoms with E-state index < -0.39 is 22.1 Å². The van der Waals surface area contributed by atoms with Crippen LogP contribution in [-0.2, 0) is 28.3 Å². The second kappa shape index (κ2) is 6.04. The van der Waals surface area contributed by atoms with Crippen LogP contribution in [0.15, 0.2) is 23.0 Å². The van der Waals surface area contributed by atoms with E-state index >= 15 is 0 Å². The Morgan fingerprint density at radius 3 is 2.81 bits per heavy atom. The van der Waals surface area contributed by atoms with E-state index in [-0.39, 0.29) is 60.1 Å². The van der Waals surface area contributed by atoms with Gasteiger partial charge in [0.25, 0.3) is 5.56 Å². The Kier molecular flexibility index (Phi) is 3.54. The van der Waals surface area contributed by atoms with Gasteiger partial charge in [0.15, 0.2) is 11.4 Å². The molecule has 0 saturated heterocycles. The lowest BCUT2D eigenvalue weighted by Gasteiger charge is -2.31. The lowest BCUT2D eigenvalue weighted by Crippen LogP contribution is -2.44. The quantitative estimate of drug-likeness (QED) is 0.282. The number of nitro benzene ring substituents is 1. The Bertz CT molecular complexity index is 1460. The molecule has 11 nitrogen and oxygen atoms in total. The van der Waals surface area contributed by atoms with E-state index in [1.165, 1.54) is 4.57 Å². The monoisotopic (exact) mass is 437 g/mol. The Morgan fingerprint density at radius 2 is 2.06 bits per heavy atom. The zero-order chi connectivity index (χ0) is 22.4. The van der Waals surface area contributed by atoms with Crippen molar-refractivity contribution in [3.63, 3.8) is 0 Å². The van der Waals surface area contributed by atoms with Gasteiger partial charge in [-0.2, -0.15) is 0 Å². The summed E-state index contributed by atoms with van der Waals surface area (Å²) in [6.45, 7) is 1.42. The van der Waals surface area contributed by atoms with Crippen LogP contribution in [0.25, 0.3) is 22.3 Å². The first-order chi connectivity index (χ1) is 15.3. The maximum atomic E-state index is 13.2. The van der Waals surface area contributed by atoms with E-state index in [2.05, 4.69) is 4.98 Å². The number of aromatic nitrogens is 2. The van der Waals surface area contributed by atoms with E-state index in [4.69, 9.17) is 14.2 Å². The Balaban J connectivity index is 1.63. The zero-order valence-electron chi connectivity index (χ0n) is 16.7. The Hall–Kier alpha value is -3.99. The summed E-state index contributed by atoms with van der Waals surface area (Å²) in [5.41, 5.74) is -0.368. The van der Waals surface area contributed by atoms with Gasteiger partial charge in [-0.3, -0.25) is 14.9 Å². The molecule has 162 valence electrons. The number of hydrogen-bond acceptors (Lipinski definition) is 9. The van der Waals surface area contributed by atoms with Crippen molar-refractivity contribution >= 4 is 22.6 Å². The molecule has 32 heavy (non-hydrogen) atoms. The fourth-order valence-electron chi connectivity index (χ4n) is 4.64. The maximum Gasteiger partial charge on any atom is 0.343 e. The van der Waals surface area contributed by atoms with Gasteiger partial charge >= 0.3 is 11.7 Å². The first-order valence-corrected chi connectivity index (χ1v) is 9.91. The van der Waals surface area contributed by atoms with Crippen LogP contribution >= 0.6 is 0 Å². The number of carbonyl (C=O) groups excluding carboxylic acids is 1. The summed E-state index contributed by atoms with van der Waals surface area (Å²) in [5, 5.41) is 23.0. The average Bonchev–Trinajstić information content (AvgIpc) is 3.37. The van der Waals surface area contributed by atoms with Crippen molar-refractivity contribution in [2.45, 2.75) is 32.1 Å². The molecule has 0 amide bonds. The van der Waals surface area contributed by atoms with E-state index in [0.29, 0.717) is 22.5 Å². The summed E-state index contributed by atoms with van der Waals surface area (Å²) in [6, 6.07) is 4.77. The van der Waals surface area contributed by atoms with Gasteiger partial charge in [0.05, 0.1) is 39.3 Å². The highest BCUT2D eigenvalue weighted by atomic mass is 16.7. The number of pyridine rings is 2. The van der Waals surface area contributed by atoms with Crippen LogP contribution in [0, 0.1) is 10.1 Å². The number of carbonyl (C=O) groups is 1. The third kappa shape index (κ3) is 2.20. The molecule has 3 aliphatic heterocycles. The first kappa shape index (κ1) is 18.8. The van der Waals surface area contributed by atoms with Crippen LogP contribution in [0.4, 0.5) is 5.69 Å². The average molecular weight is 437 g/mol. The second-order valence-corrected chi connectivity index (χ2v) is 7.88. The number of fused-ring (bicyclic) bond motifs is 6. The van der Waals surface area contributed by atoms with E-state index in [1.54, 1.807) is 25.1 Å². The minimum atomic E-state index is -1.92. The predicted octanol–water partition coefficient (Wildman–Crippen LogP) is 1.72. The standard InChI is InChI=1S/C21H15N3O8/c1-2-21(27)12-4-14-16-9(6-23(14)19(25)11(12)7-30-20(21)26)3-10-13(22-16)5-15-18(32-8-31-15)17(10)24(28)29/h3-5,27H,2,6-8H2,1H3/t21-/m1/s1. The van der Waals surface area contributed by atoms with Crippen molar-refractivity contribution in [2.24, 2.45) is 0 Å². The fourth-order valence-corrected chi connectivity index (χ4v) is 4.64. The normalized spacial score (nSPS) is 20.0. The van der Waals surface area contributed by atoms with E-state index in [1.807, 2.05) is 0 Å². The molecule has 0 bridgehead atoms. The number of ether oxygens (including phenoxy) is 3. The van der Waals surface area contributed by atoms with E-state index in [9.17, 15) is 24.8 Å². The summed E-state index contributed by atoms with van der Waals surface area (Å²) in [7, 11) is 0. The predicted molar refractivity (Wildman–Crippen MR) is 107 cm³/mol. The number of rotatable bonds is 2. The number of nitrogens with zero attached hydrogens (tertiary/aromatic N) is 3. The molecule has 0 unspecified atom stereocenters. The summed E-state index contributed by atoms with van der Waals surface area (Å²) >= 11 is 0. The number of cyclic esters (lactones) is 1. The molecular formula is C21H15N3O8. The largest absolute Gasteiger partial charge is 0.458 e. The molecule has 3 aliphatic rings. The van der Waals surface area contributed by atoms with Crippen molar-refractivity contribution in [3.8, 4) is 22.9 Å². The third-order valence-corrected chi connectivity index (χ3v) is 6.31. The second-order valence-electron chi connectivity index (χ2n) is 7.88. The van der Waals surface area contributed by atoms with Crippen LogP contribution in [0.3, 0.4) is 0 Å². The molecule has 2 aromatic heterocycles. The third-order valence-electron chi connectivity index (χ3n) is 6.31. The molecule has 0 radical (unpaired) electrons. The van der Waals surface area contributed by atoms with Gasteiger partial charge < -0.3 is 23.9 Å². The highest BCUT2D eigenvalue weighted by molar-refractivity contribution is 5.96. The molecule has 0 fully saturated rings. The Morgan fingerprint density at radius 1 is 1.25 bits per heavy atom. The van der Waals surface area contributed by atoms with Gasteiger partial charge in [0.1, 0.15) is 6.61 Å². The van der Waals surface area contributed by atoms with Crippen molar-refractivity contribution in [1.82, 2.24) is 9.55 Å². The molecule has 0 spiro atoms. The molecular weight excluding hydrogens is 422 g/mol. The van der Waals surface area contributed by atoms with Crippen LogP contribution in [-0.4, -0.2) is 32.3 Å². The maximum absolute atomic E-state index is 13.2. The first-order valence-electron chi connectivity index (χ1n) is 9.91. The number of benzene rings is 1. The minimum absolute atomic E-state index is 0.0371. The summed E-state index contributed by atoms with van der Waals surface area (Å²) in [4.78, 5) is 41.3. The summed E-state index contributed by atoms with van der Waals surface area (Å²) in [6.07, 6.45) is 0.0371. The van der Waals surface area contributed by atoms with Crippen molar-refractivity contribution < 1.29 is 29.0 Å². The molecule has 6 rings (SSSR count). The molecule has 1 atom stereocenters.